The van der Waals surface area contributed by atoms with Crippen molar-refractivity contribution < 1.29 is 14.3 Å². The lowest BCUT2D eigenvalue weighted by atomic mass is 10.1. The highest BCUT2D eigenvalue weighted by molar-refractivity contribution is 5.94. The number of nitrogens with one attached hydrogen (secondary N) is 2. The summed E-state index contributed by atoms with van der Waals surface area (Å²) in [5, 5.41) is 5.40. The maximum absolute atomic E-state index is 12.1. The molecule has 24 heavy (non-hydrogen) atoms. The van der Waals surface area contributed by atoms with Gasteiger partial charge < -0.3 is 15.4 Å². The van der Waals surface area contributed by atoms with Gasteiger partial charge in [-0.05, 0) is 30.2 Å². The second kappa shape index (κ2) is 8.84. The summed E-state index contributed by atoms with van der Waals surface area (Å²) in [7, 11) is 1.59. The van der Waals surface area contributed by atoms with E-state index in [1.54, 1.807) is 32.2 Å². The summed E-state index contributed by atoms with van der Waals surface area (Å²) in [4.78, 5) is 23.7. The van der Waals surface area contributed by atoms with Crippen molar-refractivity contribution in [1.29, 1.82) is 0 Å². The number of ether oxygens (including phenoxy) is 1. The molecule has 0 heterocycles. The minimum atomic E-state index is -0.549. The molecule has 0 aliphatic heterocycles. The van der Waals surface area contributed by atoms with Crippen molar-refractivity contribution in [1.82, 2.24) is 10.6 Å². The highest BCUT2D eigenvalue weighted by Crippen LogP contribution is 2.06. The number of amides is 2. The van der Waals surface area contributed by atoms with Gasteiger partial charge in [0.15, 0.2) is 0 Å². The van der Waals surface area contributed by atoms with Gasteiger partial charge in [-0.25, -0.2) is 0 Å². The fourth-order valence-corrected chi connectivity index (χ4v) is 2.17. The number of carbonyl (C=O) groups excluding carboxylic acids is 2. The van der Waals surface area contributed by atoms with E-state index in [0.717, 1.165) is 11.1 Å². The SMILES string of the molecule is CNC(=O)c1cccc(CNC(=O)C(C)OCc2ccccc2)c1. The fraction of sp³-hybridized carbons (Fsp3) is 0.263. The highest BCUT2D eigenvalue weighted by Gasteiger charge is 2.13. The van der Waals surface area contributed by atoms with Crippen molar-refractivity contribution in [2.24, 2.45) is 0 Å². The summed E-state index contributed by atoms with van der Waals surface area (Å²) >= 11 is 0. The average molecular weight is 326 g/mol. The van der Waals surface area contributed by atoms with Crippen LogP contribution in [0.2, 0.25) is 0 Å². The first-order valence-electron chi connectivity index (χ1n) is 7.84. The summed E-state index contributed by atoms with van der Waals surface area (Å²) in [6.07, 6.45) is -0.549. The van der Waals surface area contributed by atoms with Crippen LogP contribution in [0.25, 0.3) is 0 Å². The molecule has 0 fully saturated rings. The van der Waals surface area contributed by atoms with Crippen LogP contribution in [0.1, 0.15) is 28.4 Å². The van der Waals surface area contributed by atoms with E-state index in [-0.39, 0.29) is 11.8 Å². The molecule has 0 saturated heterocycles. The number of carbonyl (C=O) groups is 2. The molecule has 5 nitrogen and oxygen atoms in total. The standard InChI is InChI=1S/C19H22N2O3/c1-14(24-13-15-7-4-3-5-8-15)18(22)21-12-16-9-6-10-17(11-16)19(23)20-2/h3-11,14H,12-13H2,1-2H3,(H,20,23)(H,21,22). The molecule has 0 saturated carbocycles. The van der Waals surface area contributed by atoms with Crippen LogP contribution in [0, 0.1) is 0 Å². The first kappa shape index (κ1) is 17.7. The van der Waals surface area contributed by atoms with Crippen molar-refractivity contribution in [2.75, 3.05) is 7.05 Å². The van der Waals surface area contributed by atoms with Crippen LogP contribution in [-0.4, -0.2) is 25.0 Å². The summed E-state index contributed by atoms with van der Waals surface area (Å²) in [5.41, 5.74) is 2.45. The third-order valence-corrected chi connectivity index (χ3v) is 3.60. The van der Waals surface area contributed by atoms with E-state index >= 15 is 0 Å². The Hall–Kier alpha value is -2.66. The minimum absolute atomic E-state index is 0.150. The largest absolute Gasteiger partial charge is 0.364 e. The Kier molecular flexibility index (Phi) is 6.51. The van der Waals surface area contributed by atoms with Gasteiger partial charge in [0.25, 0.3) is 5.91 Å². The molecule has 5 heteroatoms. The second-order valence-electron chi connectivity index (χ2n) is 5.44. The third-order valence-electron chi connectivity index (χ3n) is 3.60. The molecule has 2 aromatic carbocycles. The normalized spacial score (nSPS) is 11.6. The Morgan fingerprint density at radius 2 is 1.75 bits per heavy atom. The Morgan fingerprint density at radius 1 is 1.04 bits per heavy atom. The zero-order valence-corrected chi connectivity index (χ0v) is 13.9. The van der Waals surface area contributed by atoms with Crippen LogP contribution >= 0.6 is 0 Å². The lowest BCUT2D eigenvalue weighted by Gasteiger charge is -2.14. The Labute approximate surface area is 142 Å². The van der Waals surface area contributed by atoms with E-state index in [9.17, 15) is 9.59 Å². The summed E-state index contributed by atoms with van der Waals surface area (Å²) in [6.45, 7) is 2.46. The first-order chi connectivity index (χ1) is 11.6. The zero-order chi connectivity index (χ0) is 17.4. The average Bonchev–Trinajstić information content (AvgIpc) is 2.64. The lowest BCUT2D eigenvalue weighted by molar-refractivity contribution is -0.132. The molecule has 126 valence electrons. The van der Waals surface area contributed by atoms with Gasteiger partial charge in [0, 0.05) is 19.2 Å². The molecular weight excluding hydrogens is 304 g/mol. The van der Waals surface area contributed by atoms with Crippen LogP contribution in [0.3, 0.4) is 0 Å². The van der Waals surface area contributed by atoms with Crippen LogP contribution in [-0.2, 0) is 22.7 Å². The quantitative estimate of drug-likeness (QED) is 0.820. The van der Waals surface area contributed by atoms with Gasteiger partial charge in [-0.15, -0.1) is 0 Å². The maximum Gasteiger partial charge on any atom is 0.251 e. The molecular formula is C19H22N2O3. The van der Waals surface area contributed by atoms with E-state index in [4.69, 9.17) is 4.74 Å². The van der Waals surface area contributed by atoms with Crippen molar-refractivity contribution in [2.45, 2.75) is 26.2 Å². The lowest BCUT2D eigenvalue weighted by Crippen LogP contribution is -2.34. The molecule has 0 aromatic heterocycles. The molecule has 0 spiro atoms. The Bertz CT molecular complexity index is 686. The van der Waals surface area contributed by atoms with Crippen molar-refractivity contribution in [3.8, 4) is 0 Å². The summed E-state index contributed by atoms with van der Waals surface area (Å²) in [6, 6.07) is 16.9. The fourth-order valence-electron chi connectivity index (χ4n) is 2.17. The molecule has 2 rings (SSSR count). The third kappa shape index (κ3) is 5.21. The zero-order valence-electron chi connectivity index (χ0n) is 13.9. The van der Waals surface area contributed by atoms with E-state index in [1.807, 2.05) is 36.4 Å². The Morgan fingerprint density at radius 3 is 2.46 bits per heavy atom. The molecule has 0 aliphatic rings. The van der Waals surface area contributed by atoms with Crippen LogP contribution in [0.5, 0.6) is 0 Å². The van der Waals surface area contributed by atoms with Crippen LogP contribution in [0.15, 0.2) is 54.6 Å². The Balaban J connectivity index is 1.83. The highest BCUT2D eigenvalue weighted by atomic mass is 16.5. The monoisotopic (exact) mass is 326 g/mol. The predicted molar refractivity (Wildman–Crippen MR) is 92.4 cm³/mol. The number of hydrogen-bond acceptors (Lipinski definition) is 3. The van der Waals surface area contributed by atoms with Crippen LogP contribution in [0.4, 0.5) is 0 Å². The van der Waals surface area contributed by atoms with Gasteiger partial charge in [0.05, 0.1) is 6.61 Å². The second-order valence-corrected chi connectivity index (χ2v) is 5.44. The van der Waals surface area contributed by atoms with Crippen molar-refractivity contribution >= 4 is 11.8 Å². The predicted octanol–water partition coefficient (Wildman–Crippen LogP) is 2.27. The topological polar surface area (TPSA) is 67.4 Å². The van der Waals surface area contributed by atoms with Gasteiger partial charge in [0.2, 0.25) is 5.91 Å². The van der Waals surface area contributed by atoms with Crippen molar-refractivity contribution in [3.63, 3.8) is 0 Å². The number of benzene rings is 2. The molecule has 2 amide bonds. The summed E-state index contributed by atoms with van der Waals surface area (Å²) < 4.78 is 5.58. The molecule has 1 unspecified atom stereocenters. The first-order valence-corrected chi connectivity index (χ1v) is 7.84. The van der Waals surface area contributed by atoms with E-state index < -0.39 is 6.10 Å². The molecule has 2 aromatic rings. The van der Waals surface area contributed by atoms with E-state index in [0.29, 0.717) is 18.7 Å². The smallest absolute Gasteiger partial charge is 0.251 e. The number of rotatable bonds is 7. The van der Waals surface area contributed by atoms with Gasteiger partial charge in [-0.3, -0.25) is 9.59 Å². The van der Waals surface area contributed by atoms with E-state index in [2.05, 4.69) is 10.6 Å². The molecule has 0 radical (unpaired) electrons. The molecule has 0 bridgehead atoms. The molecule has 0 aliphatic carbocycles. The summed E-state index contributed by atoms with van der Waals surface area (Å²) in [5.74, 6) is -0.334. The van der Waals surface area contributed by atoms with Crippen LogP contribution < -0.4 is 10.6 Å². The van der Waals surface area contributed by atoms with Gasteiger partial charge in [-0.1, -0.05) is 42.5 Å². The minimum Gasteiger partial charge on any atom is -0.364 e. The van der Waals surface area contributed by atoms with Crippen molar-refractivity contribution in [3.05, 3.63) is 71.3 Å². The maximum atomic E-state index is 12.1. The molecule has 1 atom stereocenters. The molecule has 2 N–H and O–H groups in total. The van der Waals surface area contributed by atoms with Gasteiger partial charge in [-0.2, -0.15) is 0 Å². The van der Waals surface area contributed by atoms with E-state index in [1.165, 1.54) is 0 Å². The van der Waals surface area contributed by atoms with Gasteiger partial charge >= 0.3 is 0 Å². The van der Waals surface area contributed by atoms with Gasteiger partial charge in [0.1, 0.15) is 6.10 Å². The number of hydrogen-bond donors (Lipinski definition) is 2.